The lowest BCUT2D eigenvalue weighted by Crippen LogP contribution is -2.53. The number of nitrogens with one attached hydrogen (secondary N) is 1. The molecule has 174 valence electrons. The smallest absolute Gasteiger partial charge is 0.407 e. The molecular formula is C29H36N2O2. The minimum absolute atomic E-state index is 0.0590. The van der Waals surface area contributed by atoms with Crippen LogP contribution in [0.4, 0.5) is 4.79 Å². The maximum absolute atomic E-state index is 13.0. The number of nitrogens with zero attached hydrogens (tertiary/aromatic N) is 1. The molecule has 3 heterocycles. The van der Waals surface area contributed by atoms with E-state index < -0.39 is 0 Å². The molecule has 1 saturated carbocycles. The Bertz CT molecular complexity index is 1020. The molecule has 4 nitrogen and oxygen atoms in total. The van der Waals surface area contributed by atoms with Crippen molar-refractivity contribution in [2.24, 2.45) is 11.3 Å². The van der Waals surface area contributed by atoms with Crippen LogP contribution >= 0.6 is 0 Å². The van der Waals surface area contributed by atoms with E-state index in [0.29, 0.717) is 5.92 Å². The summed E-state index contributed by atoms with van der Waals surface area (Å²) >= 11 is 0. The molecule has 1 spiro atoms. The first-order valence-electron chi connectivity index (χ1n) is 13.1. The van der Waals surface area contributed by atoms with E-state index in [2.05, 4.69) is 59.6 Å². The van der Waals surface area contributed by atoms with Crippen molar-refractivity contribution in [3.63, 3.8) is 0 Å². The van der Waals surface area contributed by atoms with E-state index in [1.807, 2.05) is 0 Å². The summed E-state index contributed by atoms with van der Waals surface area (Å²) in [6, 6.07) is 15.9. The lowest BCUT2D eigenvalue weighted by molar-refractivity contribution is -0.0347. The Morgan fingerprint density at radius 1 is 1.06 bits per heavy atom. The number of hydrogen-bond acceptors (Lipinski definition) is 3. The normalized spacial score (nSPS) is 28.9. The lowest BCUT2D eigenvalue weighted by Gasteiger charge is -2.44. The Labute approximate surface area is 197 Å². The van der Waals surface area contributed by atoms with Crippen molar-refractivity contribution in [1.29, 1.82) is 0 Å². The lowest BCUT2D eigenvalue weighted by atomic mass is 9.76. The Balaban J connectivity index is 1.20. The highest BCUT2D eigenvalue weighted by Gasteiger charge is 2.53. The molecule has 2 aromatic carbocycles. The second-order valence-corrected chi connectivity index (χ2v) is 10.9. The molecule has 33 heavy (non-hydrogen) atoms. The van der Waals surface area contributed by atoms with Gasteiger partial charge in [-0.15, -0.1) is 0 Å². The number of carbonyl (C=O) groups is 1. The molecule has 2 atom stereocenters. The Morgan fingerprint density at radius 3 is 2.48 bits per heavy atom. The van der Waals surface area contributed by atoms with Crippen LogP contribution in [0.15, 0.2) is 42.5 Å². The predicted molar refractivity (Wildman–Crippen MR) is 131 cm³/mol. The van der Waals surface area contributed by atoms with Crippen LogP contribution in [0.25, 0.3) is 11.1 Å². The zero-order valence-corrected chi connectivity index (χ0v) is 19.8. The second kappa shape index (κ2) is 8.47. The number of hydrogen-bond donors (Lipinski definition) is 1. The first-order chi connectivity index (χ1) is 16.1. The zero-order valence-electron chi connectivity index (χ0n) is 19.8. The van der Waals surface area contributed by atoms with Crippen LogP contribution in [0.5, 0.6) is 0 Å². The van der Waals surface area contributed by atoms with E-state index >= 15 is 0 Å². The average Bonchev–Trinajstić information content (AvgIpc) is 3.63. The third-order valence-electron chi connectivity index (χ3n) is 8.79. The van der Waals surface area contributed by atoms with Crippen LogP contribution in [0.2, 0.25) is 0 Å². The predicted octanol–water partition coefficient (Wildman–Crippen LogP) is 5.89. The number of aryl methyl sites for hydroxylation is 2. The highest BCUT2D eigenvalue weighted by Crippen LogP contribution is 2.61. The largest absolute Gasteiger partial charge is 0.445 e. The second-order valence-electron chi connectivity index (χ2n) is 10.9. The molecule has 0 radical (unpaired) electrons. The van der Waals surface area contributed by atoms with E-state index in [4.69, 9.17) is 4.74 Å². The topological polar surface area (TPSA) is 41.6 Å². The van der Waals surface area contributed by atoms with Crippen LogP contribution in [-0.2, 0) is 17.6 Å². The van der Waals surface area contributed by atoms with Crippen molar-refractivity contribution in [1.82, 2.24) is 10.2 Å². The summed E-state index contributed by atoms with van der Waals surface area (Å²) in [5.74, 6) is 0.542. The number of piperidine rings is 3. The van der Waals surface area contributed by atoms with Gasteiger partial charge in [-0.05, 0) is 97.2 Å². The summed E-state index contributed by atoms with van der Waals surface area (Å²) in [6.07, 6.45) is 9.15. The third kappa shape index (κ3) is 4.07. The fourth-order valence-electron chi connectivity index (χ4n) is 6.56. The van der Waals surface area contributed by atoms with Crippen molar-refractivity contribution in [3.05, 3.63) is 59.2 Å². The third-order valence-corrected chi connectivity index (χ3v) is 8.79. The number of amides is 1. The number of ether oxygens (including phenoxy) is 1. The van der Waals surface area contributed by atoms with Gasteiger partial charge in [0.1, 0.15) is 6.10 Å². The monoisotopic (exact) mass is 444 g/mol. The molecule has 2 bridgehead atoms. The van der Waals surface area contributed by atoms with Gasteiger partial charge >= 0.3 is 6.09 Å². The Hall–Kier alpha value is -2.33. The number of fused-ring (bicyclic) bond motifs is 4. The van der Waals surface area contributed by atoms with Crippen LogP contribution in [0.3, 0.4) is 0 Å². The van der Waals surface area contributed by atoms with Crippen molar-refractivity contribution in [3.8, 4) is 11.1 Å². The number of alkyl carbamates (subject to hydrolysis) is 1. The first-order valence-corrected chi connectivity index (χ1v) is 13.1. The minimum atomic E-state index is -0.214. The summed E-state index contributed by atoms with van der Waals surface area (Å²) in [5.41, 5.74) is 6.88. The summed E-state index contributed by atoms with van der Waals surface area (Å²) in [5, 5.41) is 3.34. The van der Waals surface area contributed by atoms with E-state index in [1.165, 1.54) is 47.1 Å². The van der Waals surface area contributed by atoms with Gasteiger partial charge in [-0.3, -0.25) is 4.90 Å². The van der Waals surface area contributed by atoms with Gasteiger partial charge in [0.2, 0.25) is 0 Å². The molecule has 5 aliphatic rings. The number of benzene rings is 2. The zero-order chi connectivity index (χ0) is 22.4. The molecule has 3 saturated heterocycles. The van der Waals surface area contributed by atoms with Gasteiger partial charge in [-0.2, -0.15) is 0 Å². The molecule has 1 unspecified atom stereocenters. The van der Waals surface area contributed by atoms with E-state index in [-0.39, 0.29) is 23.7 Å². The molecular weight excluding hydrogens is 408 g/mol. The molecule has 4 heteroatoms. The fourth-order valence-corrected chi connectivity index (χ4v) is 6.56. The van der Waals surface area contributed by atoms with E-state index in [9.17, 15) is 4.79 Å². The maximum atomic E-state index is 13.0. The number of carbonyl (C=O) groups excluding carboxylic acids is 1. The van der Waals surface area contributed by atoms with Gasteiger partial charge < -0.3 is 10.1 Å². The van der Waals surface area contributed by atoms with Gasteiger partial charge in [-0.1, -0.05) is 55.8 Å². The summed E-state index contributed by atoms with van der Waals surface area (Å²) in [6.45, 7) is 5.45. The van der Waals surface area contributed by atoms with Gasteiger partial charge in [-0.25, -0.2) is 4.79 Å². The van der Waals surface area contributed by atoms with E-state index in [1.54, 1.807) is 0 Å². The molecule has 1 amide bonds. The average molecular weight is 445 g/mol. The quantitative estimate of drug-likeness (QED) is 0.625. The van der Waals surface area contributed by atoms with Crippen LogP contribution in [0.1, 0.15) is 68.2 Å². The van der Waals surface area contributed by atoms with Crippen molar-refractivity contribution in [2.75, 3.05) is 19.6 Å². The standard InChI is InChI=1S/C29H36N2O2/c1-2-3-20-4-6-21(7-5-20)23-8-9-25-24(18-23)10-13-29(14-15-29)27(25)30-28(32)33-26-19-31-16-11-22(26)12-17-31/h4-9,18,22,26-27H,2-3,10-17,19H2,1H3,(H,30,32)/t26-,27?/m0/s1. The highest BCUT2D eigenvalue weighted by atomic mass is 16.6. The van der Waals surface area contributed by atoms with Gasteiger partial charge in [0.25, 0.3) is 0 Å². The van der Waals surface area contributed by atoms with Crippen LogP contribution in [0, 0.1) is 11.3 Å². The molecule has 7 rings (SSSR count). The molecule has 2 aliphatic carbocycles. The van der Waals surface area contributed by atoms with Gasteiger partial charge in [0.15, 0.2) is 0 Å². The van der Waals surface area contributed by atoms with Crippen molar-refractivity contribution in [2.45, 2.75) is 70.4 Å². The summed E-state index contributed by atoms with van der Waals surface area (Å²) < 4.78 is 6.00. The highest BCUT2D eigenvalue weighted by molar-refractivity contribution is 5.70. The Kier molecular flexibility index (Phi) is 5.44. The summed E-state index contributed by atoms with van der Waals surface area (Å²) in [7, 11) is 0. The van der Waals surface area contributed by atoms with Crippen LogP contribution in [-0.4, -0.2) is 36.7 Å². The summed E-state index contributed by atoms with van der Waals surface area (Å²) in [4.78, 5) is 15.4. The molecule has 0 aromatic heterocycles. The fraction of sp³-hybridized carbons (Fsp3) is 0.552. The number of rotatable bonds is 5. The van der Waals surface area contributed by atoms with Crippen molar-refractivity contribution >= 4 is 6.09 Å². The van der Waals surface area contributed by atoms with Gasteiger partial charge in [0.05, 0.1) is 6.04 Å². The van der Waals surface area contributed by atoms with Gasteiger partial charge in [0, 0.05) is 6.54 Å². The molecule has 1 N–H and O–H groups in total. The maximum Gasteiger partial charge on any atom is 0.407 e. The van der Waals surface area contributed by atoms with Crippen LogP contribution < -0.4 is 5.32 Å². The molecule has 4 fully saturated rings. The van der Waals surface area contributed by atoms with E-state index in [0.717, 1.165) is 51.7 Å². The SMILES string of the molecule is CCCc1ccc(-c2ccc3c(c2)CCC2(CC2)C3NC(=O)O[C@H]2CN3CCC2CC3)cc1. The molecule has 2 aromatic rings. The molecule has 3 aliphatic heterocycles. The van der Waals surface area contributed by atoms with Crippen molar-refractivity contribution < 1.29 is 9.53 Å². The Morgan fingerprint density at radius 2 is 1.82 bits per heavy atom. The minimum Gasteiger partial charge on any atom is -0.445 e. The first kappa shape index (κ1) is 21.2.